The highest BCUT2D eigenvalue weighted by Crippen LogP contribution is 2.14. The topological polar surface area (TPSA) is 0 Å². The van der Waals surface area contributed by atoms with E-state index in [-0.39, 0.29) is 0 Å². The predicted octanol–water partition coefficient (Wildman–Crippen LogP) is 3.38. The van der Waals surface area contributed by atoms with E-state index in [0.29, 0.717) is 17.7 Å². The Hall–Kier alpha value is 0.280. The molecule has 0 bridgehead atoms. The van der Waals surface area contributed by atoms with Gasteiger partial charge >= 0.3 is 0 Å². The van der Waals surface area contributed by atoms with Crippen LogP contribution in [0.25, 0.3) is 0 Å². The molecule has 1 aromatic heterocycles. The Morgan fingerprint density at radius 2 is 2.09 bits per heavy atom. The van der Waals surface area contributed by atoms with E-state index in [0.717, 1.165) is 6.42 Å². The summed E-state index contributed by atoms with van der Waals surface area (Å²) in [5.41, 5.74) is 1.35. The Balaban J connectivity index is 2.41. The minimum Gasteiger partial charge on any atom is -0.152 e. The summed E-state index contributed by atoms with van der Waals surface area (Å²) in [5.74, 6) is 1.73. The van der Waals surface area contributed by atoms with Crippen molar-refractivity contribution in [3.63, 3.8) is 0 Å². The maximum absolute atomic E-state index is 5.70. The van der Waals surface area contributed by atoms with Crippen molar-refractivity contribution < 1.29 is 0 Å². The van der Waals surface area contributed by atoms with Crippen molar-refractivity contribution in [2.24, 2.45) is 5.92 Å². The summed E-state index contributed by atoms with van der Waals surface area (Å²) in [6.07, 6.45) is 1.01. The van der Waals surface area contributed by atoms with Crippen molar-refractivity contribution in [1.29, 1.82) is 0 Å². The van der Waals surface area contributed by atoms with E-state index in [1.165, 1.54) is 5.56 Å². The third-order valence-electron chi connectivity index (χ3n) is 1.54. The smallest absolute Gasteiger partial charge is 0.0266 e. The van der Waals surface area contributed by atoms with Crippen molar-refractivity contribution in [2.45, 2.75) is 6.42 Å². The highest BCUT2D eigenvalue weighted by atomic mass is 35.5. The fourth-order valence-corrected chi connectivity index (χ4v) is 2.12. The minimum atomic E-state index is 0.424. The van der Waals surface area contributed by atoms with E-state index < -0.39 is 0 Å². The molecule has 0 atom stereocenters. The molecule has 0 unspecified atom stereocenters. The van der Waals surface area contributed by atoms with Gasteiger partial charge in [0, 0.05) is 11.8 Å². The third kappa shape index (κ3) is 3.02. The summed E-state index contributed by atoms with van der Waals surface area (Å²) in [4.78, 5) is 0. The Labute approximate surface area is 81.1 Å². The zero-order valence-electron chi connectivity index (χ0n) is 6.09. The molecule has 0 aliphatic rings. The van der Waals surface area contributed by atoms with Gasteiger partial charge in [-0.05, 0) is 34.7 Å². The highest BCUT2D eigenvalue weighted by Gasteiger charge is 2.06. The van der Waals surface area contributed by atoms with E-state index in [2.05, 4.69) is 16.8 Å². The summed E-state index contributed by atoms with van der Waals surface area (Å²) in [6.45, 7) is 0. The number of halogens is 2. The molecule has 0 amide bonds. The summed E-state index contributed by atoms with van der Waals surface area (Å²) >= 11 is 13.1. The molecule has 1 rings (SSSR count). The molecule has 0 nitrogen and oxygen atoms in total. The van der Waals surface area contributed by atoms with Gasteiger partial charge in [-0.1, -0.05) is 0 Å². The van der Waals surface area contributed by atoms with Gasteiger partial charge in [-0.15, -0.1) is 23.2 Å². The molecule has 11 heavy (non-hydrogen) atoms. The van der Waals surface area contributed by atoms with Gasteiger partial charge in [-0.3, -0.25) is 0 Å². The first-order valence-electron chi connectivity index (χ1n) is 3.49. The van der Waals surface area contributed by atoms with Crippen LogP contribution in [0.4, 0.5) is 0 Å². The summed E-state index contributed by atoms with van der Waals surface area (Å²) in [7, 11) is 0. The molecule has 0 aromatic carbocycles. The van der Waals surface area contributed by atoms with Gasteiger partial charge in [-0.25, -0.2) is 0 Å². The van der Waals surface area contributed by atoms with Crippen molar-refractivity contribution in [3.05, 3.63) is 22.4 Å². The van der Waals surface area contributed by atoms with Crippen molar-refractivity contribution in [2.75, 3.05) is 11.8 Å². The fourth-order valence-electron chi connectivity index (χ4n) is 0.892. The number of alkyl halides is 2. The Morgan fingerprint density at radius 3 is 2.55 bits per heavy atom. The molecule has 3 heteroatoms. The van der Waals surface area contributed by atoms with E-state index >= 15 is 0 Å². The summed E-state index contributed by atoms with van der Waals surface area (Å²) in [5, 5.41) is 4.22. The molecule has 0 radical (unpaired) electrons. The van der Waals surface area contributed by atoms with Gasteiger partial charge in [0.2, 0.25) is 0 Å². The first kappa shape index (κ1) is 9.37. The second-order valence-corrected chi connectivity index (χ2v) is 3.91. The molecule has 1 heterocycles. The summed E-state index contributed by atoms with van der Waals surface area (Å²) < 4.78 is 0. The first-order chi connectivity index (χ1) is 5.36. The molecule has 0 saturated heterocycles. The average molecular weight is 209 g/mol. The SMILES string of the molecule is ClCC(CCl)Cc1ccsc1. The second-order valence-electron chi connectivity index (χ2n) is 2.51. The van der Waals surface area contributed by atoms with Crippen LogP contribution in [0, 0.1) is 5.92 Å². The molecule has 1 aromatic rings. The standard InChI is InChI=1S/C8H10Cl2S/c9-4-8(5-10)3-7-1-2-11-6-7/h1-2,6,8H,3-5H2. The quantitative estimate of drug-likeness (QED) is 0.667. The highest BCUT2D eigenvalue weighted by molar-refractivity contribution is 7.07. The molecule has 0 aliphatic heterocycles. The van der Waals surface area contributed by atoms with Gasteiger partial charge in [0.1, 0.15) is 0 Å². The molecular formula is C8H10Cl2S. The lowest BCUT2D eigenvalue weighted by molar-refractivity contribution is 0.663. The third-order valence-corrected chi connectivity index (χ3v) is 3.15. The van der Waals surface area contributed by atoms with E-state index in [9.17, 15) is 0 Å². The Morgan fingerprint density at radius 1 is 1.36 bits per heavy atom. The zero-order chi connectivity index (χ0) is 8.10. The van der Waals surface area contributed by atoms with Gasteiger partial charge < -0.3 is 0 Å². The average Bonchev–Trinajstić information content (AvgIpc) is 2.52. The maximum Gasteiger partial charge on any atom is 0.0266 e. The van der Waals surface area contributed by atoms with Crippen LogP contribution in [0.3, 0.4) is 0 Å². The van der Waals surface area contributed by atoms with Crippen molar-refractivity contribution in [3.8, 4) is 0 Å². The van der Waals surface area contributed by atoms with Gasteiger partial charge in [-0.2, -0.15) is 11.3 Å². The van der Waals surface area contributed by atoms with Crippen LogP contribution < -0.4 is 0 Å². The van der Waals surface area contributed by atoms with Crippen LogP contribution >= 0.6 is 34.5 Å². The molecule has 0 spiro atoms. The monoisotopic (exact) mass is 208 g/mol. The molecule has 0 fully saturated rings. The summed E-state index contributed by atoms with van der Waals surface area (Å²) in [6, 6.07) is 2.12. The van der Waals surface area contributed by atoms with Crippen LogP contribution in [0.5, 0.6) is 0 Å². The van der Waals surface area contributed by atoms with E-state index in [1.807, 2.05) is 0 Å². The van der Waals surface area contributed by atoms with Crippen LogP contribution in [0.1, 0.15) is 5.56 Å². The number of rotatable bonds is 4. The molecular weight excluding hydrogens is 199 g/mol. The van der Waals surface area contributed by atoms with Crippen LogP contribution in [-0.4, -0.2) is 11.8 Å². The van der Waals surface area contributed by atoms with Gasteiger partial charge in [0.25, 0.3) is 0 Å². The van der Waals surface area contributed by atoms with Gasteiger partial charge in [0.05, 0.1) is 0 Å². The van der Waals surface area contributed by atoms with E-state index in [1.54, 1.807) is 11.3 Å². The molecule has 0 aliphatic carbocycles. The molecule has 0 N–H and O–H groups in total. The van der Waals surface area contributed by atoms with E-state index in [4.69, 9.17) is 23.2 Å². The largest absolute Gasteiger partial charge is 0.152 e. The Bertz CT molecular complexity index is 180. The van der Waals surface area contributed by atoms with Gasteiger partial charge in [0.15, 0.2) is 0 Å². The molecule has 0 saturated carbocycles. The van der Waals surface area contributed by atoms with Crippen LogP contribution in [0.15, 0.2) is 16.8 Å². The van der Waals surface area contributed by atoms with Crippen molar-refractivity contribution in [1.82, 2.24) is 0 Å². The fraction of sp³-hybridized carbons (Fsp3) is 0.500. The van der Waals surface area contributed by atoms with Crippen LogP contribution in [-0.2, 0) is 6.42 Å². The Kier molecular flexibility index (Phi) is 4.28. The first-order valence-corrected chi connectivity index (χ1v) is 5.51. The maximum atomic E-state index is 5.70. The molecule has 62 valence electrons. The second kappa shape index (κ2) is 5.02. The lowest BCUT2D eigenvalue weighted by atomic mass is 10.1. The number of hydrogen-bond acceptors (Lipinski definition) is 1. The van der Waals surface area contributed by atoms with Crippen molar-refractivity contribution >= 4 is 34.5 Å². The zero-order valence-corrected chi connectivity index (χ0v) is 8.42. The lowest BCUT2D eigenvalue weighted by Gasteiger charge is -2.07. The normalized spacial score (nSPS) is 10.8. The minimum absolute atomic E-state index is 0.424. The van der Waals surface area contributed by atoms with Crippen LogP contribution in [0.2, 0.25) is 0 Å². The predicted molar refractivity (Wildman–Crippen MR) is 53.0 cm³/mol. The number of thiophene rings is 1. The number of hydrogen-bond donors (Lipinski definition) is 0. The lowest BCUT2D eigenvalue weighted by Crippen LogP contribution is -2.06.